The maximum atomic E-state index is 12.6. The maximum Gasteiger partial charge on any atom is 0.257 e. The minimum Gasteiger partial charge on any atom is -0.495 e. The molecule has 0 saturated carbocycles. The number of nitrogens with one attached hydrogen (secondary N) is 2. The standard InChI is InChI=1S/C23H18ClN3O3S2/c1-29-19-12-20-18(11-17(19)24)25-23(32-20)27-22(31)26-21(28)15-8-5-9-16(10-15)30-13-14-6-3-2-4-7-14/h2-12H,13H2,1H3,(H2,25,26,27,28,31). The number of carbonyl (C=O) groups is 1. The van der Waals surface area contributed by atoms with E-state index in [4.69, 9.17) is 33.3 Å². The first kappa shape index (κ1) is 22.0. The minimum atomic E-state index is -0.349. The van der Waals surface area contributed by atoms with Crippen LogP contribution in [0.4, 0.5) is 5.13 Å². The van der Waals surface area contributed by atoms with Gasteiger partial charge in [0.25, 0.3) is 5.91 Å². The van der Waals surface area contributed by atoms with Crippen molar-refractivity contribution in [3.05, 3.63) is 82.9 Å². The zero-order valence-electron chi connectivity index (χ0n) is 16.9. The first-order valence-electron chi connectivity index (χ1n) is 9.55. The third-order valence-electron chi connectivity index (χ3n) is 4.45. The number of ether oxygens (including phenoxy) is 2. The van der Waals surface area contributed by atoms with Crippen LogP contribution >= 0.6 is 35.2 Å². The maximum absolute atomic E-state index is 12.6. The lowest BCUT2D eigenvalue weighted by Gasteiger charge is -2.09. The molecular weight excluding hydrogens is 466 g/mol. The van der Waals surface area contributed by atoms with Gasteiger partial charge in [-0.2, -0.15) is 0 Å². The average Bonchev–Trinajstić information content (AvgIpc) is 3.18. The summed E-state index contributed by atoms with van der Waals surface area (Å²) in [7, 11) is 1.56. The smallest absolute Gasteiger partial charge is 0.257 e. The Bertz CT molecular complexity index is 1280. The van der Waals surface area contributed by atoms with E-state index < -0.39 is 0 Å². The third kappa shape index (κ3) is 5.34. The molecule has 1 amide bonds. The van der Waals surface area contributed by atoms with Crippen LogP contribution in [0.25, 0.3) is 10.2 Å². The van der Waals surface area contributed by atoms with E-state index in [2.05, 4.69) is 15.6 Å². The monoisotopic (exact) mass is 483 g/mol. The number of methoxy groups -OCH3 is 1. The van der Waals surface area contributed by atoms with Crippen molar-refractivity contribution in [2.45, 2.75) is 6.61 Å². The minimum absolute atomic E-state index is 0.141. The highest BCUT2D eigenvalue weighted by Crippen LogP contribution is 2.34. The summed E-state index contributed by atoms with van der Waals surface area (Å²) in [6.07, 6.45) is 0. The predicted molar refractivity (Wildman–Crippen MR) is 132 cm³/mol. The van der Waals surface area contributed by atoms with Gasteiger partial charge >= 0.3 is 0 Å². The molecule has 4 rings (SSSR count). The quantitative estimate of drug-likeness (QED) is 0.344. The first-order chi connectivity index (χ1) is 15.5. The van der Waals surface area contributed by atoms with E-state index >= 15 is 0 Å². The number of nitrogens with zero attached hydrogens (tertiary/aromatic N) is 1. The van der Waals surface area contributed by atoms with E-state index in [1.165, 1.54) is 11.3 Å². The van der Waals surface area contributed by atoms with Crippen LogP contribution in [0.3, 0.4) is 0 Å². The van der Waals surface area contributed by atoms with Crippen LogP contribution in [-0.2, 0) is 6.61 Å². The van der Waals surface area contributed by atoms with Gasteiger partial charge in [0.15, 0.2) is 10.2 Å². The van der Waals surface area contributed by atoms with Gasteiger partial charge in [0.2, 0.25) is 0 Å². The first-order valence-corrected chi connectivity index (χ1v) is 11.2. The fraction of sp³-hybridized carbons (Fsp3) is 0.0870. The number of thiazole rings is 1. The number of fused-ring (bicyclic) bond motifs is 1. The third-order valence-corrected chi connectivity index (χ3v) is 5.89. The van der Waals surface area contributed by atoms with Crippen molar-refractivity contribution < 1.29 is 14.3 Å². The molecule has 3 aromatic carbocycles. The van der Waals surface area contributed by atoms with Gasteiger partial charge in [0.1, 0.15) is 18.1 Å². The van der Waals surface area contributed by atoms with Crippen LogP contribution in [0.1, 0.15) is 15.9 Å². The van der Waals surface area contributed by atoms with Crippen LogP contribution < -0.4 is 20.1 Å². The molecule has 4 aromatic rings. The predicted octanol–water partition coefficient (Wildman–Crippen LogP) is 5.66. The fourth-order valence-corrected chi connectivity index (χ4v) is 4.28. The van der Waals surface area contributed by atoms with Gasteiger partial charge in [-0.15, -0.1) is 0 Å². The van der Waals surface area contributed by atoms with Gasteiger partial charge in [-0.1, -0.05) is 59.3 Å². The van der Waals surface area contributed by atoms with Gasteiger partial charge in [-0.3, -0.25) is 10.1 Å². The number of hydrogen-bond acceptors (Lipinski definition) is 6. The highest BCUT2D eigenvalue weighted by molar-refractivity contribution is 7.80. The van der Waals surface area contributed by atoms with E-state index in [1.807, 2.05) is 36.4 Å². The van der Waals surface area contributed by atoms with E-state index in [0.29, 0.717) is 39.3 Å². The molecule has 2 N–H and O–H groups in total. The molecule has 0 radical (unpaired) electrons. The van der Waals surface area contributed by atoms with Crippen molar-refractivity contribution in [2.75, 3.05) is 12.4 Å². The molecule has 1 heterocycles. The molecule has 9 heteroatoms. The summed E-state index contributed by atoms with van der Waals surface area (Å²) in [5, 5.41) is 6.76. The van der Waals surface area contributed by atoms with Gasteiger partial charge in [-0.25, -0.2) is 4.98 Å². The zero-order chi connectivity index (χ0) is 22.5. The molecule has 0 aliphatic rings. The second-order valence-electron chi connectivity index (χ2n) is 6.68. The summed E-state index contributed by atoms with van der Waals surface area (Å²) in [6.45, 7) is 0.415. The van der Waals surface area contributed by atoms with Crippen molar-refractivity contribution in [1.82, 2.24) is 10.3 Å². The summed E-state index contributed by atoms with van der Waals surface area (Å²) in [4.78, 5) is 17.1. The number of aromatic nitrogens is 1. The Hall–Kier alpha value is -3.20. The molecule has 0 unspecified atom stereocenters. The van der Waals surface area contributed by atoms with E-state index in [1.54, 1.807) is 37.4 Å². The van der Waals surface area contributed by atoms with E-state index in [9.17, 15) is 4.79 Å². The summed E-state index contributed by atoms with van der Waals surface area (Å²) in [5.74, 6) is 0.815. The second kappa shape index (κ2) is 9.95. The largest absolute Gasteiger partial charge is 0.495 e. The molecule has 0 saturated heterocycles. The number of halogens is 1. The summed E-state index contributed by atoms with van der Waals surface area (Å²) in [6, 6.07) is 20.3. The van der Waals surface area contributed by atoms with Crippen LogP contribution in [0.15, 0.2) is 66.7 Å². The lowest BCUT2D eigenvalue weighted by Crippen LogP contribution is -2.34. The Morgan fingerprint density at radius 3 is 2.72 bits per heavy atom. The van der Waals surface area contributed by atoms with E-state index in [-0.39, 0.29) is 11.0 Å². The molecule has 0 atom stereocenters. The number of rotatable bonds is 6. The highest BCUT2D eigenvalue weighted by Gasteiger charge is 2.13. The number of hydrogen-bond donors (Lipinski definition) is 2. The second-order valence-corrected chi connectivity index (χ2v) is 8.53. The van der Waals surface area contributed by atoms with Crippen molar-refractivity contribution in [3.63, 3.8) is 0 Å². The van der Waals surface area contributed by atoms with Crippen molar-refractivity contribution >= 4 is 61.5 Å². The highest BCUT2D eigenvalue weighted by atomic mass is 35.5. The number of benzene rings is 3. The Labute approximate surface area is 199 Å². The Morgan fingerprint density at radius 2 is 1.94 bits per heavy atom. The zero-order valence-corrected chi connectivity index (χ0v) is 19.3. The van der Waals surface area contributed by atoms with Crippen LogP contribution in [0.5, 0.6) is 11.5 Å². The Kier molecular flexibility index (Phi) is 6.84. The summed E-state index contributed by atoms with van der Waals surface area (Å²) in [5.41, 5.74) is 2.18. The fourth-order valence-electron chi connectivity index (χ4n) is 2.91. The van der Waals surface area contributed by atoms with Gasteiger partial charge < -0.3 is 14.8 Å². The molecule has 0 aliphatic heterocycles. The normalized spacial score (nSPS) is 10.6. The molecule has 32 heavy (non-hydrogen) atoms. The lowest BCUT2D eigenvalue weighted by molar-refractivity contribution is 0.0977. The molecule has 0 bridgehead atoms. The molecule has 1 aromatic heterocycles. The Balaban J connectivity index is 1.38. The van der Waals surface area contributed by atoms with E-state index in [0.717, 1.165) is 10.3 Å². The van der Waals surface area contributed by atoms with Crippen molar-refractivity contribution in [1.29, 1.82) is 0 Å². The lowest BCUT2D eigenvalue weighted by atomic mass is 10.2. The molecule has 0 aliphatic carbocycles. The molecule has 6 nitrogen and oxygen atoms in total. The average molecular weight is 484 g/mol. The van der Waals surface area contributed by atoms with Crippen molar-refractivity contribution in [2.24, 2.45) is 0 Å². The van der Waals surface area contributed by atoms with Crippen LogP contribution in [-0.4, -0.2) is 23.1 Å². The Morgan fingerprint density at radius 1 is 1.12 bits per heavy atom. The van der Waals surface area contributed by atoms with Crippen molar-refractivity contribution in [3.8, 4) is 11.5 Å². The van der Waals surface area contributed by atoms with Gasteiger partial charge in [0.05, 0.1) is 22.3 Å². The topological polar surface area (TPSA) is 72.5 Å². The molecule has 0 fully saturated rings. The molecular formula is C23H18ClN3O3S2. The molecule has 0 spiro atoms. The number of thiocarbonyl (C=S) groups is 1. The number of carbonyl (C=O) groups excluding carboxylic acids is 1. The van der Waals surface area contributed by atoms with Crippen LogP contribution in [0.2, 0.25) is 5.02 Å². The van der Waals surface area contributed by atoms with Gasteiger partial charge in [0, 0.05) is 11.6 Å². The van der Waals surface area contributed by atoms with Gasteiger partial charge in [-0.05, 0) is 42.0 Å². The summed E-state index contributed by atoms with van der Waals surface area (Å²) < 4.78 is 11.9. The van der Waals surface area contributed by atoms with Crippen LogP contribution in [0, 0.1) is 0 Å². The SMILES string of the molecule is COc1cc2sc(NC(=S)NC(=O)c3cccc(OCc4ccccc4)c3)nc2cc1Cl. The summed E-state index contributed by atoms with van der Waals surface area (Å²) >= 11 is 12.8. The number of anilines is 1. The molecule has 162 valence electrons. The number of amides is 1.